The van der Waals surface area contributed by atoms with E-state index < -0.39 is 11.1 Å². The number of pyridine rings is 2. The summed E-state index contributed by atoms with van der Waals surface area (Å²) in [6.45, 7) is 0. The van der Waals surface area contributed by atoms with Crippen LogP contribution in [0.4, 0.5) is 0 Å². The van der Waals surface area contributed by atoms with Crippen LogP contribution >= 0.6 is 0 Å². The molecule has 8 rings (SSSR count). The van der Waals surface area contributed by atoms with E-state index in [9.17, 15) is 9.59 Å². The molecule has 0 fully saturated rings. The van der Waals surface area contributed by atoms with E-state index in [4.69, 9.17) is 4.98 Å². The quantitative estimate of drug-likeness (QED) is 0.240. The first kappa shape index (κ1) is 24.0. The summed E-state index contributed by atoms with van der Waals surface area (Å²) in [6.07, 6.45) is 3.36. The highest BCUT2D eigenvalue weighted by Gasteiger charge is 2.21. The number of nitrogens with zero attached hydrogens (tertiary/aromatic N) is 4. The summed E-state index contributed by atoms with van der Waals surface area (Å²) >= 11 is 0. The molecule has 0 aliphatic rings. The average molecular weight is 543 g/mol. The Morgan fingerprint density at radius 1 is 0.452 bits per heavy atom. The molecule has 6 heteroatoms. The molecule has 0 aliphatic carbocycles. The summed E-state index contributed by atoms with van der Waals surface area (Å²) in [7, 11) is 0. The van der Waals surface area contributed by atoms with Crippen LogP contribution in [0.2, 0.25) is 0 Å². The van der Waals surface area contributed by atoms with Crippen LogP contribution < -0.4 is 11.1 Å². The number of hydrogen-bond acceptors (Lipinski definition) is 4. The third kappa shape index (κ3) is 3.52. The predicted octanol–water partition coefficient (Wildman–Crippen LogP) is 7.06. The minimum atomic E-state index is -0.485. The maximum Gasteiger partial charge on any atom is 0.284 e. The highest BCUT2D eigenvalue weighted by Crippen LogP contribution is 2.35. The monoisotopic (exact) mass is 542 g/mol. The van der Waals surface area contributed by atoms with Crippen molar-refractivity contribution in [2.75, 3.05) is 0 Å². The molecular weight excluding hydrogens is 520 g/mol. The molecule has 0 radical (unpaired) electrons. The predicted molar refractivity (Wildman–Crippen MR) is 169 cm³/mol. The Bertz CT molecular complexity index is 2430. The van der Waals surface area contributed by atoms with Crippen LogP contribution in [0.15, 0.2) is 143 Å². The van der Waals surface area contributed by atoms with E-state index in [-0.39, 0.29) is 5.52 Å². The Hall–Kier alpha value is -5.88. The van der Waals surface area contributed by atoms with Crippen molar-refractivity contribution in [1.82, 2.24) is 19.1 Å². The lowest BCUT2D eigenvalue weighted by molar-refractivity contribution is 0.971. The molecule has 0 atom stereocenters. The summed E-state index contributed by atoms with van der Waals surface area (Å²) in [6, 6.07) is 39.0. The third-order valence-corrected chi connectivity index (χ3v) is 7.85. The molecule has 8 aromatic rings. The van der Waals surface area contributed by atoms with Crippen LogP contribution in [0.3, 0.4) is 0 Å². The first-order chi connectivity index (χ1) is 20.7. The molecule has 6 nitrogen and oxygen atoms in total. The molecule has 4 aromatic heterocycles. The minimum absolute atomic E-state index is 0.190. The number of para-hydroxylation sites is 2. The topological polar surface area (TPSA) is 69.8 Å². The van der Waals surface area contributed by atoms with Crippen molar-refractivity contribution in [1.29, 1.82) is 0 Å². The Morgan fingerprint density at radius 3 is 1.88 bits per heavy atom. The Balaban J connectivity index is 1.55. The molecule has 42 heavy (non-hydrogen) atoms. The summed E-state index contributed by atoms with van der Waals surface area (Å²) < 4.78 is 3.35. The van der Waals surface area contributed by atoms with Gasteiger partial charge >= 0.3 is 0 Å². The van der Waals surface area contributed by atoms with E-state index >= 15 is 0 Å². The van der Waals surface area contributed by atoms with Gasteiger partial charge in [0.25, 0.3) is 11.1 Å². The van der Waals surface area contributed by atoms with Gasteiger partial charge in [-0.2, -0.15) is 0 Å². The lowest BCUT2D eigenvalue weighted by Crippen LogP contribution is -2.28. The zero-order valence-corrected chi connectivity index (χ0v) is 22.3. The second-order valence-corrected chi connectivity index (χ2v) is 10.2. The van der Waals surface area contributed by atoms with Gasteiger partial charge < -0.3 is 4.57 Å². The fourth-order valence-electron chi connectivity index (χ4n) is 5.97. The van der Waals surface area contributed by atoms with E-state index in [0.29, 0.717) is 22.0 Å². The second-order valence-electron chi connectivity index (χ2n) is 10.2. The molecule has 4 heterocycles. The van der Waals surface area contributed by atoms with Crippen molar-refractivity contribution in [3.8, 4) is 22.5 Å². The fourth-order valence-corrected chi connectivity index (χ4v) is 5.97. The van der Waals surface area contributed by atoms with Gasteiger partial charge in [-0.3, -0.25) is 19.6 Å². The lowest BCUT2D eigenvalue weighted by Gasteiger charge is -2.07. The van der Waals surface area contributed by atoms with Crippen LogP contribution in [-0.2, 0) is 0 Å². The zero-order valence-electron chi connectivity index (χ0n) is 22.3. The number of hydrogen-bond donors (Lipinski definition) is 0. The van der Waals surface area contributed by atoms with Crippen molar-refractivity contribution in [2.45, 2.75) is 0 Å². The van der Waals surface area contributed by atoms with Gasteiger partial charge in [-0.15, -0.1) is 0 Å². The van der Waals surface area contributed by atoms with Crippen LogP contribution in [-0.4, -0.2) is 19.1 Å². The minimum Gasteiger partial charge on any atom is -0.308 e. The highest BCUT2D eigenvalue weighted by atomic mass is 16.2. The second kappa shape index (κ2) is 9.35. The van der Waals surface area contributed by atoms with Gasteiger partial charge in [-0.1, -0.05) is 78.9 Å². The average Bonchev–Trinajstić information content (AvgIpc) is 3.35. The highest BCUT2D eigenvalue weighted by molar-refractivity contribution is 6.23. The summed E-state index contributed by atoms with van der Waals surface area (Å²) in [5.74, 6) is 0. The molecular formula is C36H22N4O2. The smallest absolute Gasteiger partial charge is 0.284 e. The molecule has 0 amide bonds. The largest absolute Gasteiger partial charge is 0.308 e. The van der Waals surface area contributed by atoms with Gasteiger partial charge in [-0.05, 0) is 53.6 Å². The molecule has 0 saturated carbocycles. The number of aromatic nitrogens is 4. The van der Waals surface area contributed by atoms with Gasteiger partial charge in [0.1, 0.15) is 5.52 Å². The molecule has 0 spiro atoms. The summed E-state index contributed by atoms with van der Waals surface area (Å²) in [4.78, 5) is 38.1. The zero-order chi connectivity index (χ0) is 28.2. The van der Waals surface area contributed by atoms with Crippen LogP contribution in [0, 0.1) is 0 Å². The molecule has 0 saturated heterocycles. The van der Waals surface area contributed by atoms with E-state index in [2.05, 4.69) is 9.55 Å². The van der Waals surface area contributed by atoms with E-state index in [0.717, 1.165) is 38.6 Å². The molecule has 198 valence electrons. The maximum absolute atomic E-state index is 14.7. The number of fused-ring (bicyclic) bond motifs is 7. The van der Waals surface area contributed by atoms with Crippen molar-refractivity contribution in [2.24, 2.45) is 0 Å². The first-order valence-electron chi connectivity index (χ1n) is 13.7. The lowest BCUT2D eigenvalue weighted by atomic mass is 10.1. The van der Waals surface area contributed by atoms with Crippen molar-refractivity contribution in [3.63, 3.8) is 0 Å². The maximum atomic E-state index is 14.7. The molecule has 4 aromatic carbocycles. The Labute approximate surface area is 239 Å². The van der Waals surface area contributed by atoms with E-state index in [1.165, 1.54) is 4.57 Å². The third-order valence-electron chi connectivity index (χ3n) is 7.85. The van der Waals surface area contributed by atoms with E-state index in [1.807, 2.05) is 115 Å². The van der Waals surface area contributed by atoms with Crippen LogP contribution in [0.5, 0.6) is 0 Å². The molecule has 0 unspecified atom stereocenters. The van der Waals surface area contributed by atoms with E-state index in [1.54, 1.807) is 18.5 Å². The molecule has 0 aliphatic heterocycles. The van der Waals surface area contributed by atoms with Crippen molar-refractivity contribution < 1.29 is 0 Å². The van der Waals surface area contributed by atoms with Crippen molar-refractivity contribution in [3.05, 3.63) is 154 Å². The molecule has 0 N–H and O–H groups in total. The SMILES string of the molecule is O=c1c2ncccc2c2ncc3c(c4ccccc4n3-c3ccccc3)c2c(=O)n1-c1ccc(-c2ccccc2)cc1. The standard InChI is InChI=1S/C36H22N4O2/c41-35-32-31-27-14-7-8-16-29(27)39(25-12-5-2-6-13-25)30(31)22-38-33(32)28-15-9-21-37-34(28)36(42)40(35)26-19-17-24(18-20-26)23-10-3-1-4-11-23/h1-22H. The first-order valence-corrected chi connectivity index (χ1v) is 13.7. The molecule has 0 bridgehead atoms. The van der Waals surface area contributed by atoms with Crippen molar-refractivity contribution >= 4 is 43.6 Å². The Kier molecular flexibility index (Phi) is 5.34. The summed E-state index contributed by atoms with van der Waals surface area (Å²) in [5, 5.41) is 2.57. The van der Waals surface area contributed by atoms with Gasteiger partial charge in [0.15, 0.2) is 0 Å². The normalized spacial score (nSPS) is 11.5. The van der Waals surface area contributed by atoms with Crippen LogP contribution in [0.1, 0.15) is 0 Å². The van der Waals surface area contributed by atoms with Gasteiger partial charge in [-0.25, -0.2) is 4.57 Å². The fraction of sp³-hybridized carbons (Fsp3) is 0. The number of rotatable bonds is 3. The van der Waals surface area contributed by atoms with Crippen LogP contribution in [0.25, 0.3) is 66.1 Å². The van der Waals surface area contributed by atoms with Gasteiger partial charge in [0.2, 0.25) is 0 Å². The Morgan fingerprint density at radius 2 is 1.10 bits per heavy atom. The van der Waals surface area contributed by atoms with Gasteiger partial charge in [0.05, 0.1) is 33.8 Å². The number of benzene rings is 4. The summed E-state index contributed by atoms with van der Waals surface area (Å²) in [5.41, 5.74) is 4.92. The van der Waals surface area contributed by atoms with Gasteiger partial charge in [0, 0.05) is 28.0 Å².